The van der Waals surface area contributed by atoms with Gasteiger partial charge in [-0.05, 0) is 66.8 Å². The van der Waals surface area contributed by atoms with Crippen LogP contribution >= 0.6 is 23.8 Å². The summed E-state index contributed by atoms with van der Waals surface area (Å²) in [7, 11) is 1.64. The lowest BCUT2D eigenvalue weighted by molar-refractivity contribution is 0.415. The highest BCUT2D eigenvalue weighted by molar-refractivity contribution is 7.80. The number of ether oxygens (including phenoxy) is 1. The lowest BCUT2D eigenvalue weighted by Crippen LogP contribution is -2.19. The minimum absolute atomic E-state index is 0.461. The topological polar surface area (TPSA) is 71.1 Å². The molecule has 0 amide bonds. The number of benzene rings is 3. The number of thiocarbonyl (C=S) groups is 1. The third-order valence-corrected chi connectivity index (χ3v) is 4.80. The highest BCUT2D eigenvalue weighted by Crippen LogP contribution is 2.27. The van der Waals surface area contributed by atoms with E-state index in [9.17, 15) is 0 Å². The monoisotopic (exact) mass is 435 g/mol. The van der Waals surface area contributed by atoms with Crippen LogP contribution in [0.3, 0.4) is 0 Å². The van der Waals surface area contributed by atoms with Crippen molar-refractivity contribution in [3.63, 3.8) is 0 Å². The second kappa shape index (κ2) is 8.94. The molecule has 6 nitrogen and oxygen atoms in total. The molecular formula is C22H18ClN5OS. The van der Waals surface area contributed by atoms with Crippen molar-refractivity contribution in [1.29, 1.82) is 0 Å². The quantitative estimate of drug-likeness (QED) is 0.340. The zero-order chi connectivity index (χ0) is 20.9. The van der Waals surface area contributed by atoms with Crippen LogP contribution in [0.15, 0.2) is 72.9 Å². The smallest absolute Gasteiger partial charge is 0.175 e. The van der Waals surface area contributed by atoms with Gasteiger partial charge in [0.2, 0.25) is 0 Å². The summed E-state index contributed by atoms with van der Waals surface area (Å²) in [5.41, 5.74) is 2.52. The number of nitrogens with zero attached hydrogens (tertiary/aromatic N) is 2. The van der Waals surface area contributed by atoms with Crippen LogP contribution in [-0.2, 0) is 0 Å². The number of anilines is 4. The van der Waals surface area contributed by atoms with Gasteiger partial charge in [0.1, 0.15) is 5.75 Å². The molecule has 150 valence electrons. The van der Waals surface area contributed by atoms with E-state index in [1.165, 1.54) is 0 Å². The molecule has 8 heteroatoms. The van der Waals surface area contributed by atoms with E-state index in [1.54, 1.807) is 13.3 Å². The number of hydrogen-bond donors (Lipinski definition) is 3. The molecule has 0 unspecified atom stereocenters. The van der Waals surface area contributed by atoms with Gasteiger partial charge < -0.3 is 20.7 Å². The molecule has 0 bridgehead atoms. The highest BCUT2D eigenvalue weighted by Gasteiger charge is 2.07. The van der Waals surface area contributed by atoms with E-state index in [1.807, 2.05) is 66.7 Å². The Labute approximate surface area is 184 Å². The van der Waals surface area contributed by atoms with E-state index < -0.39 is 0 Å². The molecule has 30 heavy (non-hydrogen) atoms. The predicted octanol–water partition coefficient (Wildman–Crippen LogP) is 5.84. The Morgan fingerprint density at radius 1 is 0.933 bits per heavy atom. The van der Waals surface area contributed by atoms with Gasteiger partial charge in [0.25, 0.3) is 0 Å². The summed E-state index contributed by atoms with van der Waals surface area (Å²) in [6, 6.07) is 20.9. The van der Waals surface area contributed by atoms with Crippen molar-refractivity contribution < 1.29 is 4.74 Å². The van der Waals surface area contributed by atoms with E-state index in [2.05, 4.69) is 26.1 Å². The highest BCUT2D eigenvalue weighted by atomic mass is 35.5. The van der Waals surface area contributed by atoms with Crippen molar-refractivity contribution in [3.8, 4) is 5.75 Å². The van der Waals surface area contributed by atoms with Gasteiger partial charge in [-0.2, -0.15) is 5.10 Å². The molecule has 0 saturated heterocycles. The number of aromatic nitrogens is 2. The van der Waals surface area contributed by atoms with Gasteiger partial charge in [-0.25, -0.2) is 0 Å². The Bertz CT molecular complexity index is 1200. The van der Waals surface area contributed by atoms with Crippen molar-refractivity contribution in [1.82, 2.24) is 10.2 Å². The maximum absolute atomic E-state index is 6.02. The molecule has 0 saturated carbocycles. The molecule has 4 aromatic rings. The zero-order valence-corrected chi connectivity index (χ0v) is 17.6. The van der Waals surface area contributed by atoms with Crippen molar-refractivity contribution in [3.05, 3.63) is 77.9 Å². The van der Waals surface area contributed by atoms with Crippen molar-refractivity contribution >= 4 is 62.6 Å². The van der Waals surface area contributed by atoms with E-state index >= 15 is 0 Å². The molecule has 3 aromatic carbocycles. The van der Waals surface area contributed by atoms with Gasteiger partial charge in [-0.3, -0.25) is 0 Å². The number of methoxy groups -OCH3 is 1. The minimum Gasteiger partial charge on any atom is -0.497 e. The van der Waals surface area contributed by atoms with Crippen LogP contribution in [-0.4, -0.2) is 22.4 Å². The first-order valence-corrected chi connectivity index (χ1v) is 9.89. The SMILES string of the molecule is COc1ccc(Nc2nncc3ccc(NC(=S)Nc4cccc(Cl)c4)cc23)cc1. The summed E-state index contributed by atoms with van der Waals surface area (Å²) in [4.78, 5) is 0. The van der Waals surface area contributed by atoms with Crippen molar-refractivity contribution in [2.45, 2.75) is 0 Å². The first-order valence-electron chi connectivity index (χ1n) is 9.11. The second-order valence-electron chi connectivity index (χ2n) is 6.44. The van der Waals surface area contributed by atoms with Crippen LogP contribution in [0, 0.1) is 0 Å². The summed E-state index contributed by atoms with van der Waals surface area (Å²) in [5.74, 6) is 1.44. The Kier molecular flexibility index (Phi) is 5.92. The second-order valence-corrected chi connectivity index (χ2v) is 7.28. The molecule has 0 aliphatic rings. The normalized spacial score (nSPS) is 10.5. The Hall–Kier alpha value is -3.42. The number of nitrogens with one attached hydrogen (secondary N) is 3. The molecule has 1 heterocycles. The molecule has 0 aliphatic heterocycles. The third-order valence-electron chi connectivity index (χ3n) is 4.36. The zero-order valence-electron chi connectivity index (χ0n) is 16.0. The fourth-order valence-corrected chi connectivity index (χ4v) is 3.34. The van der Waals surface area contributed by atoms with Crippen LogP contribution in [0.2, 0.25) is 5.02 Å². The van der Waals surface area contributed by atoms with Crippen LogP contribution < -0.4 is 20.7 Å². The predicted molar refractivity (Wildman–Crippen MR) is 127 cm³/mol. The average molecular weight is 436 g/mol. The maximum atomic E-state index is 6.02. The number of halogens is 1. The lowest BCUT2D eigenvalue weighted by atomic mass is 10.1. The van der Waals surface area contributed by atoms with Crippen LogP contribution in [0.4, 0.5) is 22.9 Å². The fraction of sp³-hybridized carbons (Fsp3) is 0.0455. The Morgan fingerprint density at radius 3 is 2.40 bits per heavy atom. The lowest BCUT2D eigenvalue weighted by Gasteiger charge is -2.13. The Balaban J connectivity index is 1.55. The maximum Gasteiger partial charge on any atom is 0.175 e. The van der Waals surface area contributed by atoms with Crippen LogP contribution in [0.5, 0.6) is 5.75 Å². The van der Waals surface area contributed by atoms with E-state index in [4.69, 9.17) is 28.6 Å². The summed E-state index contributed by atoms with van der Waals surface area (Å²) < 4.78 is 5.20. The molecule has 0 atom stereocenters. The first kappa shape index (κ1) is 19.9. The molecule has 1 aromatic heterocycles. The van der Waals surface area contributed by atoms with Gasteiger partial charge >= 0.3 is 0 Å². The molecule has 0 spiro atoms. The molecule has 0 radical (unpaired) electrons. The van der Waals surface area contributed by atoms with E-state index in [0.717, 1.165) is 33.6 Å². The van der Waals surface area contributed by atoms with Crippen molar-refractivity contribution in [2.75, 3.05) is 23.1 Å². The number of hydrogen-bond acceptors (Lipinski definition) is 5. The molecule has 3 N–H and O–H groups in total. The molecule has 4 rings (SSSR count). The minimum atomic E-state index is 0.461. The standard InChI is InChI=1S/C22H18ClN5OS/c1-29-19-9-7-16(8-10-19)25-21-20-12-18(6-5-14(20)13-24-28-21)27-22(30)26-17-4-2-3-15(23)11-17/h2-13H,1H3,(H,25,28)(H2,26,27,30). The van der Waals surface area contributed by atoms with Gasteiger partial charge in [0.05, 0.1) is 13.3 Å². The summed E-state index contributed by atoms with van der Waals surface area (Å²) >= 11 is 11.4. The average Bonchev–Trinajstić information content (AvgIpc) is 2.74. The summed E-state index contributed by atoms with van der Waals surface area (Å²) in [6.07, 6.45) is 1.72. The van der Waals surface area contributed by atoms with Gasteiger partial charge in [-0.1, -0.05) is 23.7 Å². The van der Waals surface area contributed by atoms with Gasteiger partial charge in [0.15, 0.2) is 10.9 Å². The molecule has 0 fully saturated rings. The van der Waals surface area contributed by atoms with Gasteiger partial charge in [-0.15, -0.1) is 5.10 Å². The summed E-state index contributed by atoms with van der Waals surface area (Å²) in [6.45, 7) is 0. The largest absolute Gasteiger partial charge is 0.497 e. The molecular weight excluding hydrogens is 418 g/mol. The number of fused-ring (bicyclic) bond motifs is 1. The molecule has 0 aliphatic carbocycles. The van der Waals surface area contributed by atoms with E-state index in [0.29, 0.717) is 16.0 Å². The van der Waals surface area contributed by atoms with Crippen molar-refractivity contribution in [2.24, 2.45) is 0 Å². The fourth-order valence-electron chi connectivity index (χ4n) is 2.92. The Morgan fingerprint density at radius 2 is 1.67 bits per heavy atom. The first-order chi connectivity index (χ1) is 14.6. The van der Waals surface area contributed by atoms with Crippen LogP contribution in [0.25, 0.3) is 10.8 Å². The summed E-state index contributed by atoms with van der Waals surface area (Å²) in [5, 5.41) is 20.9. The third kappa shape index (κ3) is 4.76. The van der Waals surface area contributed by atoms with Crippen LogP contribution in [0.1, 0.15) is 0 Å². The van der Waals surface area contributed by atoms with Gasteiger partial charge in [0, 0.05) is 32.9 Å². The number of rotatable bonds is 5. The van der Waals surface area contributed by atoms with E-state index in [-0.39, 0.29) is 0 Å².